The summed E-state index contributed by atoms with van der Waals surface area (Å²) in [6.45, 7) is 10.7. The molecule has 0 amide bonds. The van der Waals surface area contributed by atoms with Crippen LogP contribution in [0.4, 0.5) is 17.6 Å². The Kier molecular flexibility index (Phi) is 6.68. The summed E-state index contributed by atoms with van der Waals surface area (Å²) in [5.41, 5.74) is -3.72. The van der Waals surface area contributed by atoms with Gasteiger partial charge < -0.3 is 14.0 Å². The van der Waals surface area contributed by atoms with Gasteiger partial charge in [-0.2, -0.15) is 13.2 Å². The molecule has 3 nitrogen and oxygen atoms in total. The Morgan fingerprint density at radius 3 is 2.11 bits per heavy atom. The molecule has 0 aliphatic carbocycles. The van der Waals surface area contributed by atoms with E-state index in [4.69, 9.17) is 14.0 Å². The molecule has 1 aliphatic heterocycles. The summed E-state index contributed by atoms with van der Waals surface area (Å²) in [4.78, 5) is 0. The number of benzene rings is 1. The third-order valence-corrected chi connectivity index (χ3v) is 5.11. The highest BCUT2D eigenvalue weighted by molar-refractivity contribution is 6.55. The Morgan fingerprint density at radius 1 is 1.07 bits per heavy atom. The van der Waals surface area contributed by atoms with Crippen molar-refractivity contribution in [1.29, 1.82) is 0 Å². The molecule has 0 spiro atoms. The van der Waals surface area contributed by atoms with Crippen LogP contribution in [0.3, 0.4) is 0 Å². The van der Waals surface area contributed by atoms with E-state index in [0.717, 1.165) is 6.07 Å². The molecule has 0 aromatic heterocycles. The van der Waals surface area contributed by atoms with Gasteiger partial charge in [0.1, 0.15) is 5.73 Å². The van der Waals surface area contributed by atoms with Gasteiger partial charge in [0.2, 0.25) is 0 Å². The van der Waals surface area contributed by atoms with Gasteiger partial charge in [-0.3, -0.25) is 0 Å². The first-order valence-electron chi connectivity index (χ1n) is 9.28. The molecule has 8 heteroatoms. The Morgan fingerprint density at radius 2 is 1.61 bits per heavy atom. The zero-order valence-electron chi connectivity index (χ0n) is 17.1. The third kappa shape index (κ3) is 4.96. The summed E-state index contributed by atoms with van der Waals surface area (Å²) < 4.78 is 72.8. The summed E-state index contributed by atoms with van der Waals surface area (Å²) in [5.74, 6) is 0. The predicted octanol–water partition coefficient (Wildman–Crippen LogP) is 5.83. The Bertz CT molecular complexity index is 710. The minimum absolute atomic E-state index is 0.0405. The van der Waals surface area contributed by atoms with Crippen LogP contribution in [0.25, 0.3) is 5.57 Å². The lowest BCUT2D eigenvalue weighted by Crippen LogP contribution is -2.41. The highest BCUT2D eigenvalue weighted by Crippen LogP contribution is 2.42. The summed E-state index contributed by atoms with van der Waals surface area (Å²) in [5, 5.41) is 0. The molecule has 0 N–H and O–H groups in total. The standard InChI is InChI=1S/C20H27BF4O3/c1-13(2)26-12-11-15(14-9-7-8-10-16(14)20(23,24)25)17(22)21-27-18(3,4)19(5,6)28-21/h7-10,13H,11-12H2,1-6H3. The summed E-state index contributed by atoms with van der Waals surface area (Å²) in [7, 11) is -1.37. The first kappa shape index (κ1) is 22.9. The highest BCUT2D eigenvalue weighted by atomic mass is 19.4. The second-order valence-corrected chi connectivity index (χ2v) is 8.13. The fraction of sp³-hybridized carbons (Fsp3) is 0.600. The van der Waals surface area contributed by atoms with Crippen LogP contribution in [0.2, 0.25) is 0 Å². The van der Waals surface area contributed by atoms with E-state index in [1.165, 1.54) is 18.2 Å². The second kappa shape index (κ2) is 8.16. The molecule has 28 heavy (non-hydrogen) atoms. The minimum atomic E-state index is -4.61. The van der Waals surface area contributed by atoms with Crippen molar-refractivity contribution in [3.8, 4) is 0 Å². The molecule has 1 aromatic carbocycles. The van der Waals surface area contributed by atoms with Crippen molar-refractivity contribution in [2.24, 2.45) is 0 Å². The average molecular weight is 402 g/mol. The molecule has 1 aliphatic rings. The fourth-order valence-corrected chi connectivity index (χ4v) is 2.86. The van der Waals surface area contributed by atoms with Crippen molar-refractivity contribution < 1.29 is 31.6 Å². The zero-order valence-corrected chi connectivity index (χ0v) is 17.1. The van der Waals surface area contributed by atoms with Gasteiger partial charge in [0.25, 0.3) is 0 Å². The van der Waals surface area contributed by atoms with Gasteiger partial charge in [0.05, 0.1) is 29.5 Å². The predicted molar refractivity (Wildman–Crippen MR) is 101 cm³/mol. The van der Waals surface area contributed by atoms with Crippen molar-refractivity contribution in [3.05, 3.63) is 41.1 Å². The molecular weight excluding hydrogens is 375 g/mol. The number of hydrogen-bond acceptors (Lipinski definition) is 3. The SMILES string of the molecule is CC(C)OCCC(=C(F)B1OC(C)(C)C(C)(C)O1)c1ccccc1C(F)(F)F. The van der Waals surface area contributed by atoms with Gasteiger partial charge in [0, 0.05) is 0 Å². The number of alkyl halides is 3. The van der Waals surface area contributed by atoms with Crippen LogP contribution < -0.4 is 0 Å². The Labute approximate surface area is 164 Å². The monoisotopic (exact) mass is 402 g/mol. The van der Waals surface area contributed by atoms with Crippen molar-refractivity contribution in [2.75, 3.05) is 6.61 Å². The van der Waals surface area contributed by atoms with Crippen LogP contribution in [0, 0.1) is 0 Å². The first-order valence-corrected chi connectivity index (χ1v) is 9.28. The minimum Gasteiger partial charge on any atom is -0.398 e. The van der Waals surface area contributed by atoms with Gasteiger partial charge >= 0.3 is 13.3 Å². The normalized spacial score (nSPS) is 19.9. The van der Waals surface area contributed by atoms with Gasteiger partial charge in [-0.15, -0.1) is 0 Å². The number of hydrogen-bond donors (Lipinski definition) is 0. The molecule has 2 rings (SSSR count). The van der Waals surface area contributed by atoms with Gasteiger partial charge in [-0.1, -0.05) is 18.2 Å². The lowest BCUT2D eigenvalue weighted by Gasteiger charge is -2.32. The van der Waals surface area contributed by atoms with Crippen LogP contribution in [0.15, 0.2) is 30.0 Å². The lowest BCUT2D eigenvalue weighted by atomic mass is 9.81. The average Bonchev–Trinajstić information content (AvgIpc) is 2.78. The zero-order chi connectivity index (χ0) is 21.3. The Balaban J connectivity index is 2.50. The van der Waals surface area contributed by atoms with Crippen LogP contribution >= 0.6 is 0 Å². The maximum atomic E-state index is 15.4. The molecule has 0 bridgehead atoms. The van der Waals surface area contributed by atoms with Crippen LogP contribution in [-0.4, -0.2) is 31.0 Å². The molecule has 1 saturated heterocycles. The molecule has 0 saturated carbocycles. The third-order valence-electron chi connectivity index (χ3n) is 5.11. The second-order valence-electron chi connectivity index (χ2n) is 8.13. The maximum absolute atomic E-state index is 15.4. The fourth-order valence-electron chi connectivity index (χ4n) is 2.86. The number of rotatable bonds is 6. The van der Waals surface area contributed by atoms with Gasteiger partial charge in [0.15, 0.2) is 0 Å². The van der Waals surface area contributed by atoms with E-state index in [9.17, 15) is 13.2 Å². The first-order chi connectivity index (χ1) is 12.8. The van der Waals surface area contributed by atoms with Crippen molar-refractivity contribution >= 4 is 12.7 Å². The van der Waals surface area contributed by atoms with Crippen molar-refractivity contribution in [1.82, 2.24) is 0 Å². The quantitative estimate of drug-likeness (QED) is 0.443. The smallest absolute Gasteiger partial charge is 0.398 e. The van der Waals surface area contributed by atoms with Crippen molar-refractivity contribution in [3.63, 3.8) is 0 Å². The number of halogens is 4. The maximum Gasteiger partial charge on any atom is 0.525 e. The lowest BCUT2D eigenvalue weighted by molar-refractivity contribution is -0.137. The molecule has 1 fully saturated rings. The van der Waals surface area contributed by atoms with Gasteiger partial charge in [-0.25, -0.2) is 4.39 Å². The molecule has 0 atom stereocenters. The van der Waals surface area contributed by atoms with E-state index >= 15 is 4.39 Å². The largest absolute Gasteiger partial charge is 0.525 e. The molecule has 0 unspecified atom stereocenters. The summed E-state index contributed by atoms with van der Waals surface area (Å²) in [6.07, 6.45) is -4.78. The van der Waals surface area contributed by atoms with Crippen molar-refractivity contribution in [2.45, 2.75) is 71.4 Å². The van der Waals surface area contributed by atoms with E-state index in [1.807, 2.05) is 0 Å². The van der Waals surface area contributed by atoms with Crippen LogP contribution in [0.5, 0.6) is 0 Å². The topological polar surface area (TPSA) is 27.7 Å². The number of ether oxygens (including phenoxy) is 1. The summed E-state index contributed by atoms with van der Waals surface area (Å²) >= 11 is 0. The molecule has 0 radical (unpaired) electrons. The van der Waals surface area contributed by atoms with E-state index in [1.54, 1.807) is 41.5 Å². The molecular formula is C20H27BF4O3. The van der Waals surface area contributed by atoms with Gasteiger partial charge in [-0.05, 0) is 65.2 Å². The van der Waals surface area contributed by atoms with Crippen LogP contribution in [0.1, 0.15) is 59.1 Å². The molecule has 1 aromatic rings. The summed E-state index contributed by atoms with van der Waals surface area (Å²) in [6, 6.07) is 4.93. The highest BCUT2D eigenvalue weighted by Gasteiger charge is 2.53. The van der Waals surface area contributed by atoms with E-state index in [2.05, 4.69) is 0 Å². The van der Waals surface area contributed by atoms with Crippen LogP contribution in [-0.2, 0) is 20.2 Å². The van der Waals surface area contributed by atoms with E-state index in [0.29, 0.717) is 0 Å². The Hall–Kier alpha value is -1.38. The van der Waals surface area contributed by atoms with E-state index < -0.39 is 35.8 Å². The molecule has 1 heterocycles. The molecule has 156 valence electrons. The van der Waals surface area contributed by atoms with E-state index in [-0.39, 0.29) is 30.3 Å².